The lowest BCUT2D eigenvalue weighted by molar-refractivity contribution is 1.07. The predicted octanol–water partition coefficient (Wildman–Crippen LogP) is 16.7. The largest absolute Gasteiger partial charge is 0.309 e. The zero-order valence-corrected chi connectivity index (χ0v) is 37.9. The molecule has 0 N–H and O–H groups in total. The van der Waals surface area contributed by atoms with Crippen LogP contribution in [0.4, 0.5) is 0 Å². The van der Waals surface area contributed by atoms with E-state index in [-0.39, 0.29) is 0 Å². The number of hydrogen-bond donors (Lipinski definition) is 0. The first-order valence-electron chi connectivity index (χ1n) is 23.8. The lowest BCUT2D eigenvalue weighted by atomic mass is 10.0. The van der Waals surface area contributed by atoms with Gasteiger partial charge in [-0.15, -0.1) is 0 Å². The highest BCUT2D eigenvalue weighted by Crippen LogP contribution is 2.45. The van der Waals surface area contributed by atoms with Crippen LogP contribution >= 0.6 is 0 Å². The summed E-state index contributed by atoms with van der Waals surface area (Å²) in [6, 6.07) is 88.7. The fourth-order valence-electron chi connectivity index (χ4n) is 10.7. The molecule has 0 saturated heterocycles. The third kappa shape index (κ3) is 6.44. The first-order valence-corrected chi connectivity index (χ1v) is 23.8. The topological polar surface area (TPSA) is 48.5 Å². The maximum atomic E-state index is 5.22. The monoisotopic (exact) mass is 891 g/mol. The van der Waals surface area contributed by atoms with Crippen LogP contribution in [-0.4, -0.2) is 24.1 Å². The molecular weight excluding hydrogens is 851 g/mol. The number of rotatable bonds is 7. The van der Waals surface area contributed by atoms with Gasteiger partial charge in [0.1, 0.15) is 0 Å². The summed E-state index contributed by atoms with van der Waals surface area (Å²) >= 11 is 0. The van der Waals surface area contributed by atoms with E-state index >= 15 is 0 Å². The minimum atomic E-state index is 0.608. The average molecular weight is 892 g/mol. The third-order valence-corrected chi connectivity index (χ3v) is 13.9. The molecule has 5 heteroatoms. The maximum absolute atomic E-state index is 5.22. The Labute approximate surface area is 403 Å². The molecule has 0 aliphatic rings. The van der Waals surface area contributed by atoms with E-state index in [1.807, 2.05) is 12.1 Å². The van der Waals surface area contributed by atoms with Crippen molar-refractivity contribution in [1.82, 2.24) is 24.1 Å². The summed E-state index contributed by atoms with van der Waals surface area (Å²) in [4.78, 5) is 15.6. The molecule has 11 aromatic carbocycles. The summed E-state index contributed by atoms with van der Waals surface area (Å²) in [5, 5.41) is 9.78. The van der Waals surface area contributed by atoms with Gasteiger partial charge in [0, 0.05) is 49.3 Å². The molecule has 3 aromatic heterocycles. The van der Waals surface area contributed by atoms with Gasteiger partial charge in [0.15, 0.2) is 17.5 Å². The second-order valence-electron chi connectivity index (χ2n) is 18.0. The van der Waals surface area contributed by atoms with Gasteiger partial charge in [-0.3, -0.25) is 0 Å². The number of para-hydroxylation sites is 2. The Morgan fingerprint density at radius 3 is 1.34 bits per heavy atom. The summed E-state index contributed by atoms with van der Waals surface area (Å²) in [6.07, 6.45) is 0. The highest BCUT2D eigenvalue weighted by Gasteiger charge is 2.23. The van der Waals surface area contributed by atoms with E-state index in [0.29, 0.717) is 17.5 Å². The molecular formula is C65H41N5. The molecule has 70 heavy (non-hydrogen) atoms. The molecule has 0 aliphatic heterocycles. The zero-order valence-electron chi connectivity index (χ0n) is 37.9. The van der Waals surface area contributed by atoms with Crippen molar-refractivity contribution in [1.29, 1.82) is 0 Å². The second-order valence-corrected chi connectivity index (χ2v) is 18.0. The van der Waals surface area contributed by atoms with Crippen molar-refractivity contribution in [3.8, 4) is 67.8 Å². The van der Waals surface area contributed by atoms with E-state index in [2.05, 4.69) is 246 Å². The molecule has 0 radical (unpaired) electrons. The molecule has 0 atom stereocenters. The molecule has 5 nitrogen and oxygen atoms in total. The van der Waals surface area contributed by atoms with Crippen molar-refractivity contribution in [2.75, 3.05) is 0 Å². The SMILES string of the molecule is c1ccc(-c2cccc(-c3nc(-c4ccc(-n5c6ccccc6c6c(-n7c8ccccc8c8c9ccccc9ccc87)c7ccccc7cc65)cc4)nc(-c4cccc(-c5ccccc5)c4)n3)c2)cc1. The van der Waals surface area contributed by atoms with Crippen LogP contribution in [0.5, 0.6) is 0 Å². The quantitative estimate of drug-likeness (QED) is 0.160. The van der Waals surface area contributed by atoms with E-state index in [0.717, 1.165) is 55.7 Å². The van der Waals surface area contributed by atoms with Gasteiger partial charge in [-0.05, 0) is 99.1 Å². The van der Waals surface area contributed by atoms with Crippen molar-refractivity contribution >= 4 is 65.2 Å². The molecule has 0 saturated carbocycles. The summed E-state index contributed by atoms with van der Waals surface area (Å²) < 4.78 is 4.94. The van der Waals surface area contributed by atoms with Crippen molar-refractivity contribution < 1.29 is 0 Å². The molecule has 0 bridgehead atoms. The van der Waals surface area contributed by atoms with Gasteiger partial charge in [-0.1, -0.05) is 188 Å². The highest BCUT2D eigenvalue weighted by molar-refractivity contribution is 6.25. The zero-order chi connectivity index (χ0) is 46.1. The fourth-order valence-corrected chi connectivity index (χ4v) is 10.7. The molecule has 14 aromatic rings. The fraction of sp³-hybridized carbons (Fsp3) is 0. The van der Waals surface area contributed by atoms with Crippen LogP contribution < -0.4 is 0 Å². The van der Waals surface area contributed by atoms with Crippen LogP contribution in [0.25, 0.3) is 133 Å². The summed E-state index contributed by atoms with van der Waals surface area (Å²) in [5.41, 5.74) is 14.1. The molecule has 326 valence electrons. The van der Waals surface area contributed by atoms with Gasteiger partial charge < -0.3 is 9.13 Å². The number of benzene rings is 11. The van der Waals surface area contributed by atoms with Crippen LogP contribution in [0.15, 0.2) is 249 Å². The standard InChI is InChI=1S/C65H41N5/c1-3-17-42(18-4-1)46-23-15-25-49(39-46)64-66-63(67-65(68-64)50-26-16-24-47(40-50)43-19-5-2-6-20-43)45-33-36-51(37-34-45)69-56-31-13-12-30-55(56)61-59(69)41-48-22-8-10-28-53(48)62(61)70-57-32-14-11-29-54(57)60-52-27-9-7-21-44(52)35-38-58(60)70/h1-41H. The normalized spacial score (nSPS) is 11.7. The summed E-state index contributed by atoms with van der Waals surface area (Å²) in [5.74, 6) is 1.84. The minimum absolute atomic E-state index is 0.608. The Balaban J connectivity index is 0.960. The Kier molecular flexibility index (Phi) is 9.14. The van der Waals surface area contributed by atoms with Gasteiger partial charge in [-0.2, -0.15) is 0 Å². The van der Waals surface area contributed by atoms with Crippen LogP contribution in [0.1, 0.15) is 0 Å². The van der Waals surface area contributed by atoms with Crippen LogP contribution in [-0.2, 0) is 0 Å². The van der Waals surface area contributed by atoms with E-state index in [1.165, 1.54) is 59.8 Å². The van der Waals surface area contributed by atoms with Crippen LogP contribution in [0, 0.1) is 0 Å². The Morgan fingerprint density at radius 2 is 0.714 bits per heavy atom. The number of hydrogen-bond acceptors (Lipinski definition) is 3. The maximum Gasteiger partial charge on any atom is 0.164 e. The molecule has 0 amide bonds. The molecule has 3 heterocycles. The molecule has 0 unspecified atom stereocenters. The summed E-state index contributed by atoms with van der Waals surface area (Å²) in [7, 11) is 0. The minimum Gasteiger partial charge on any atom is -0.309 e. The second kappa shape index (κ2) is 16.1. The number of aromatic nitrogens is 5. The first kappa shape index (κ1) is 39.7. The smallest absolute Gasteiger partial charge is 0.164 e. The van der Waals surface area contributed by atoms with E-state index in [9.17, 15) is 0 Å². The molecule has 14 rings (SSSR count). The van der Waals surface area contributed by atoms with Crippen molar-refractivity contribution in [2.45, 2.75) is 0 Å². The molecule has 0 fully saturated rings. The summed E-state index contributed by atoms with van der Waals surface area (Å²) in [6.45, 7) is 0. The first-order chi connectivity index (χ1) is 34.7. The van der Waals surface area contributed by atoms with Crippen molar-refractivity contribution in [3.05, 3.63) is 249 Å². The van der Waals surface area contributed by atoms with Gasteiger partial charge in [0.05, 0.1) is 27.8 Å². The van der Waals surface area contributed by atoms with Crippen LogP contribution in [0.3, 0.4) is 0 Å². The Morgan fingerprint density at radius 1 is 0.243 bits per heavy atom. The van der Waals surface area contributed by atoms with Gasteiger partial charge in [0.2, 0.25) is 0 Å². The van der Waals surface area contributed by atoms with Gasteiger partial charge in [-0.25, -0.2) is 15.0 Å². The predicted molar refractivity (Wildman–Crippen MR) is 291 cm³/mol. The van der Waals surface area contributed by atoms with E-state index in [4.69, 9.17) is 15.0 Å². The lowest BCUT2D eigenvalue weighted by Crippen LogP contribution is -2.01. The van der Waals surface area contributed by atoms with Gasteiger partial charge in [0.25, 0.3) is 0 Å². The van der Waals surface area contributed by atoms with E-state index < -0.39 is 0 Å². The highest BCUT2D eigenvalue weighted by atomic mass is 15.0. The molecule has 0 spiro atoms. The van der Waals surface area contributed by atoms with Gasteiger partial charge >= 0.3 is 0 Å². The third-order valence-electron chi connectivity index (χ3n) is 13.9. The van der Waals surface area contributed by atoms with E-state index in [1.54, 1.807) is 0 Å². The Bertz CT molecular complexity index is 4240. The lowest BCUT2D eigenvalue weighted by Gasteiger charge is -2.15. The van der Waals surface area contributed by atoms with Crippen molar-refractivity contribution in [3.63, 3.8) is 0 Å². The average Bonchev–Trinajstić information content (AvgIpc) is 3.96. The number of fused-ring (bicyclic) bond motifs is 9. The van der Waals surface area contributed by atoms with Crippen LogP contribution in [0.2, 0.25) is 0 Å². The molecule has 0 aliphatic carbocycles. The Hall–Kier alpha value is -9.45. The number of nitrogens with zero attached hydrogens (tertiary/aromatic N) is 5. The van der Waals surface area contributed by atoms with Crippen molar-refractivity contribution in [2.24, 2.45) is 0 Å².